The first kappa shape index (κ1) is 21.2. The molecule has 10 aromatic rings. The van der Waals surface area contributed by atoms with Crippen molar-refractivity contribution in [3.8, 4) is 5.69 Å². The third-order valence-corrected chi connectivity index (χ3v) is 8.51. The molecule has 5 aromatic heterocycles. The Hall–Kier alpha value is -5.68. The topological polar surface area (TPSA) is 48.3 Å². The largest absolute Gasteiger partial charge is 0.456 e. The number of aromatic nitrogens is 4. The Morgan fingerprint density at radius 1 is 0.537 bits per heavy atom. The lowest BCUT2D eigenvalue weighted by molar-refractivity contribution is 0.669. The normalized spacial score (nSPS) is 12.4. The molecule has 0 saturated heterocycles. The van der Waals surface area contributed by atoms with Gasteiger partial charge >= 0.3 is 0 Å². The van der Waals surface area contributed by atoms with Crippen LogP contribution < -0.4 is 0 Å². The van der Waals surface area contributed by atoms with Gasteiger partial charge in [-0.05, 0) is 66.7 Å². The van der Waals surface area contributed by atoms with E-state index < -0.39 is 0 Å². The van der Waals surface area contributed by atoms with Gasteiger partial charge in [-0.25, -0.2) is 4.98 Å². The van der Waals surface area contributed by atoms with Crippen LogP contribution in [0.5, 0.6) is 0 Å². The minimum absolute atomic E-state index is 0.892. The zero-order valence-electron chi connectivity index (χ0n) is 21.7. The van der Waals surface area contributed by atoms with Crippen molar-refractivity contribution in [3.05, 3.63) is 121 Å². The fourth-order valence-electron chi connectivity index (χ4n) is 6.84. The molecule has 0 fully saturated rings. The summed E-state index contributed by atoms with van der Waals surface area (Å²) in [6.07, 6.45) is 1.88. The highest BCUT2D eigenvalue weighted by Gasteiger charge is 2.22. The first-order valence-corrected chi connectivity index (χ1v) is 13.8. The predicted octanol–water partition coefficient (Wildman–Crippen LogP) is 9.19. The van der Waals surface area contributed by atoms with Crippen LogP contribution >= 0.6 is 0 Å². The molecule has 190 valence electrons. The van der Waals surface area contributed by atoms with E-state index in [4.69, 9.17) is 14.4 Å². The molecule has 0 aliphatic heterocycles. The zero-order chi connectivity index (χ0) is 26.7. The van der Waals surface area contributed by atoms with E-state index in [1.54, 1.807) is 0 Å². The van der Waals surface area contributed by atoms with Crippen LogP contribution in [0.4, 0.5) is 0 Å². The van der Waals surface area contributed by atoms with Gasteiger partial charge in [0, 0.05) is 44.2 Å². The molecule has 0 amide bonds. The lowest BCUT2D eigenvalue weighted by Crippen LogP contribution is -1.95. The molecule has 0 aliphatic carbocycles. The summed E-state index contributed by atoms with van der Waals surface area (Å²) in [7, 11) is 0. The highest BCUT2D eigenvalue weighted by Crippen LogP contribution is 2.43. The lowest BCUT2D eigenvalue weighted by atomic mass is 10.0. The molecule has 0 unspecified atom stereocenters. The van der Waals surface area contributed by atoms with Crippen LogP contribution in [0.2, 0.25) is 0 Å². The van der Waals surface area contributed by atoms with Gasteiger partial charge in [0.25, 0.3) is 0 Å². The van der Waals surface area contributed by atoms with Gasteiger partial charge in [-0.3, -0.25) is 9.38 Å². The van der Waals surface area contributed by atoms with Crippen LogP contribution in [-0.4, -0.2) is 18.9 Å². The maximum atomic E-state index is 6.34. The second-order valence-corrected chi connectivity index (χ2v) is 10.6. The van der Waals surface area contributed by atoms with E-state index >= 15 is 0 Å². The molecule has 5 heteroatoms. The van der Waals surface area contributed by atoms with Crippen molar-refractivity contribution in [1.29, 1.82) is 0 Å². The monoisotopic (exact) mass is 524 g/mol. The second-order valence-electron chi connectivity index (χ2n) is 10.6. The van der Waals surface area contributed by atoms with Gasteiger partial charge in [-0.2, -0.15) is 0 Å². The molecular formula is C36H20N4O. The van der Waals surface area contributed by atoms with Crippen molar-refractivity contribution in [3.63, 3.8) is 0 Å². The number of fused-ring (bicyclic) bond motifs is 15. The summed E-state index contributed by atoms with van der Waals surface area (Å²) in [5.41, 5.74) is 10.2. The maximum Gasteiger partial charge on any atom is 0.146 e. The smallest absolute Gasteiger partial charge is 0.146 e. The van der Waals surface area contributed by atoms with Gasteiger partial charge in [0.2, 0.25) is 0 Å². The van der Waals surface area contributed by atoms with Gasteiger partial charge in [0.05, 0.1) is 33.1 Å². The quantitative estimate of drug-likeness (QED) is 0.201. The van der Waals surface area contributed by atoms with Gasteiger partial charge < -0.3 is 8.98 Å². The Balaban J connectivity index is 1.51. The maximum absolute atomic E-state index is 6.34. The molecule has 0 aliphatic rings. The highest BCUT2D eigenvalue weighted by molar-refractivity contribution is 6.30. The van der Waals surface area contributed by atoms with Crippen molar-refractivity contribution >= 4 is 82.2 Å². The molecule has 5 aromatic carbocycles. The average Bonchev–Trinajstić information content (AvgIpc) is 3.70. The zero-order valence-corrected chi connectivity index (χ0v) is 21.7. The third kappa shape index (κ3) is 2.65. The SMILES string of the molecule is c1ccc(-n2c3cc4c(cc3c3c5c(ccc32)oc2ccccc25)c2ncccc2n2c3ccccc3nc42)cc1. The molecule has 5 heterocycles. The number of nitrogens with zero attached hydrogens (tertiary/aromatic N) is 4. The molecule has 10 rings (SSSR count). The summed E-state index contributed by atoms with van der Waals surface area (Å²) in [6.45, 7) is 0. The number of pyridine rings is 2. The van der Waals surface area contributed by atoms with Crippen molar-refractivity contribution < 1.29 is 4.42 Å². The Morgan fingerprint density at radius 2 is 1.37 bits per heavy atom. The Morgan fingerprint density at radius 3 is 2.32 bits per heavy atom. The molecule has 0 N–H and O–H groups in total. The number of hydrogen-bond acceptors (Lipinski definition) is 3. The van der Waals surface area contributed by atoms with Crippen LogP contribution in [0.1, 0.15) is 0 Å². The van der Waals surface area contributed by atoms with E-state index in [1.807, 2.05) is 30.5 Å². The summed E-state index contributed by atoms with van der Waals surface area (Å²) in [5, 5.41) is 6.79. The first-order valence-electron chi connectivity index (χ1n) is 13.8. The molecule has 0 radical (unpaired) electrons. The molecule has 0 spiro atoms. The molecular weight excluding hydrogens is 504 g/mol. The van der Waals surface area contributed by atoms with Crippen LogP contribution in [-0.2, 0) is 0 Å². The Bertz CT molecular complexity index is 2690. The van der Waals surface area contributed by atoms with E-state index in [1.165, 1.54) is 10.8 Å². The molecule has 5 nitrogen and oxygen atoms in total. The molecule has 0 saturated carbocycles. The van der Waals surface area contributed by atoms with Crippen molar-refractivity contribution in [2.24, 2.45) is 0 Å². The standard InChI is InChI=1S/C36H20N4O/c1-2-9-21(10-3-1)39-28-16-17-32-34(22-11-4-7-15-31(22)41-32)33(28)25-19-23-24(20-30(25)39)36-38-26-12-5-6-13-27(26)40(36)29-14-8-18-37-35(23)29/h1-20H. The summed E-state index contributed by atoms with van der Waals surface area (Å²) in [6, 6.07) is 40.3. The van der Waals surface area contributed by atoms with Crippen molar-refractivity contribution in [2.45, 2.75) is 0 Å². The van der Waals surface area contributed by atoms with Crippen LogP contribution in [0, 0.1) is 0 Å². The average molecular weight is 525 g/mol. The summed E-state index contributed by atoms with van der Waals surface area (Å²) >= 11 is 0. The number of imidazole rings is 1. The predicted molar refractivity (Wildman–Crippen MR) is 167 cm³/mol. The van der Waals surface area contributed by atoms with E-state index in [0.29, 0.717) is 0 Å². The van der Waals surface area contributed by atoms with E-state index in [9.17, 15) is 0 Å². The Kier molecular flexibility index (Phi) is 3.87. The van der Waals surface area contributed by atoms with Gasteiger partial charge in [0.15, 0.2) is 0 Å². The number of benzene rings is 5. The summed E-state index contributed by atoms with van der Waals surface area (Å²) < 4.78 is 11.0. The summed E-state index contributed by atoms with van der Waals surface area (Å²) in [5.74, 6) is 0. The van der Waals surface area contributed by atoms with Crippen LogP contribution in [0.3, 0.4) is 0 Å². The van der Waals surface area contributed by atoms with Gasteiger partial charge in [0.1, 0.15) is 16.8 Å². The highest BCUT2D eigenvalue weighted by atomic mass is 16.3. The second kappa shape index (κ2) is 7.49. The van der Waals surface area contributed by atoms with Gasteiger partial charge in [-0.15, -0.1) is 0 Å². The molecule has 0 bridgehead atoms. The van der Waals surface area contributed by atoms with E-state index in [2.05, 4.69) is 100.0 Å². The number of para-hydroxylation sites is 4. The fraction of sp³-hybridized carbons (Fsp3) is 0. The van der Waals surface area contributed by atoms with Crippen LogP contribution in [0.15, 0.2) is 126 Å². The number of furan rings is 1. The minimum Gasteiger partial charge on any atom is -0.456 e. The van der Waals surface area contributed by atoms with E-state index in [-0.39, 0.29) is 0 Å². The number of hydrogen-bond donors (Lipinski definition) is 0. The van der Waals surface area contributed by atoms with Crippen molar-refractivity contribution in [2.75, 3.05) is 0 Å². The van der Waals surface area contributed by atoms with Crippen molar-refractivity contribution in [1.82, 2.24) is 18.9 Å². The third-order valence-electron chi connectivity index (χ3n) is 8.51. The summed E-state index contributed by atoms with van der Waals surface area (Å²) in [4.78, 5) is 10.1. The van der Waals surface area contributed by atoms with Crippen LogP contribution in [0.25, 0.3) is 87.9 Å². The van der Waals surface area contributed by atoms with E-state index in [0.717, 1.165) is 77.1 Å². The lowest BCUT2D eigenvalue weighted by Gasteiger charge is -2.10. The fourth-order valence-corrected chi connectivity index (χ4v) is 6.84. The molecule has 0 atom stereocenters. The number of rotatable bonds is 1. The van der Waals surface area contributed by atoms with Gasteiger partial charge in [-0.1, -0.05) is 48.5 Å². The molecule has 41 heavy (non-hydrogen) atoms. The first-order chi connectivity index (χ1) is 20.3. The minimum atomic E-state index is 0.892. The Labute approximate surface area is 232 Å².